The number of carbonyl (C=O) groups excluding carboxylic acids is 1. The first kappa shape index (κ1) is 16.1. The largest absolute Gasteiger partial charge is 0.462 e. The molecule has 0 saturated carbocycles. The van der Waals surface area contributed by atoms with Crippen LogP contribution in [-0.4, -0.2) is 17.1 Å². The number of aromatic nitrogens is 1. The molecule has 4 nitrogen and oxygen atoms in total. The number of carbonyl (C=O) groups is 1. The molecule has 0 atom stereocenters. The Bertz CT molecular complexity index is 682. The molecule has 0 unspecified atom stereocenters. The molecule has 2 N–H and O–H groups in total. The highest BCUT2D eigenvalue weighted by atomic mass is 16.5. The number of esters is 1. The number of benzene rings is 1. The zero-order valence-corrected chi connectivity index (χ0v) is 13.9. The van der Waals surface area contributed by atoms with Crippen LogP contribution in [0.15, 0.2) is 24.3 Å². The third kappa shape index (κ3) is 2.73. The number of nitrogens with zero attached hydrogens (tertiary/aromatic N) is 1. The minimum absolute atomic E-state index is 0.338. The molecule has 0 radical (unpaired) electrons. The van der Waals surface area contributed by atoms with Crippen molar-refractivity contribution in [3.8, 4) is 11.3 Å². The molecule has 2 rings (SSSR count). The van der Waals surface area contributed by atoms with Crippen molar-refractivity contribution in [3.63, 3.8) is 0 Å². The van der Waals surface area contributed by atoms with Gasteiger partial charge in [-0.1, -0.05) is 38.1 Å². The highest BCUT2D eigenvalue weighted by Crippen LogP contribution is 2.34. The molecule has 4 heteroatoms. The molecule has 1 aromatic heterocycles. The van der Waals surface area contributed by atoms with Crippen molar-refractivity contribution in [2.75, 3.05) is 12.3 Å². The molecule has 118 valence electrons. The van der Waals surface area contributed by atoms with E-state index in [9.17, 15) is 4.79 Å². The summed E-state index contributed by atoms with van der Waals surface area (Å²) in [4.78, 5) is 12.1. The maximum absolute atomic E-state index is 12.1. The molecule has 0 spiro atoms. The molecule has 0 amide bonds. The summed E-state index contributed by atoms with van der Waals surface area (Å²) in [6.45, 7) is 8.33. The van der Waals surface area contributed by atoms with Crippen LogP contribution in [0.3, 0.4) is 0 Å². The van der Waals surface area contributed by atoms with E-state index < -0.39 is 0 Å². The van der Waals surface area contributed by atoms with Crippen molar-refractivity contribution in [2.45, 2.75) is 33.6 Å². The quantitative estimate of drug-likeness (QED) is 0.872. The zero-order valence-electron chi connectivity index (χ0n) is 13.9. The number of nitrogens with two attached hydrogens (primary N) is 1. The van der Waals surface area contributed by atoms with Crippen molar-refractivity contribution < 1.29 is 9.53 Å². The van der Waals surface area contributed by atoms with E-state index in [1.54, 1.807) is 6.92 Å². The number of ether oxygens (including phenoxy) is 1. The summed E-state index contributed by atoms with van der Waals surface area (Å²) in [5, 5.41) is 0. The molecular weight excluding hydrogens is 276 g/mol. The van der Waals surface area contributed by atoms with Gasteiger partial charge in [0.15, 0.2) is 0 Å². The van der Waals surface area contributed by atoms with Gasteiger partial charge in [-0.3, -0.25) is 0 Å². The fourth-order valence-corrected chi connectivity index (χ4v) is 2.67. The Hall–Kier alpha value is -2.23. The van der Waals surface area contributed by atoms with Crippen LogP contribution >= 0.6 is 0 Å². The lowest BCUT2D eigenvalue weighted by Crippen LogP contribution is -2.08. The Morgan fingerprint density at radius 2 is 1.86 bits per heavy atom. The van der Waals surface area contributed by atoms with Crippen molar-refractivity contribution in [3.05, 3.63) is 41.1 Å². The molecule has 0 aliphatic heterocycles. The van der Waals surface area contributed by atoms with E-state index in [1.165, 1.54) is 5.56 Å². The molecule has 22 heavy (non-hydrogen) atoms. The standard InChI is InChI=1S/C18H24N2O2/c1-6-22-18(21)15-12(4)20(5)17(16(15)19)14-9-7-13(8-10-14)11(2)3/h7-11H,6,19H2,1-5H3. The summed E-state index contributed by atoms with van der Waals surface area (Å²) in [5.41, 5.74) is 11.1. The molecule has 0 fully saturated rings. The first-order chi connectivity index (χ1) is 10.4. The average molecular weight is 300 g/mol. The van der Waals surface area contributed by atoms with E-state index in [0.717, 1.165) is 17.0 Å². The fraction of sp³-hybridized carbons (Fsp3) is 0.389. The average Bonchev–Trinajstić information content (AvgIpc) is 2.69. The van der Waals surface area contributed by atoms with Gasteiger partial charge < -0.3 is 15.0 Å². The zero-order chi connectivity index (χ0) is 16.4. The van der Waals surface area contributed by atoms with Crippen LogP contribution in [0.1, 0.15) is 48.3 Å². The van der Waals surface area contributed by atoms with Gasteiger partial charge in [-0.2, -0.15) is 0 Å². The maximum Gasteiger partial charge on any atom is 0.342 e. The predicted molar refractivity (Wildman–Crippen MR) is 90.0 cm³/mol. The first-order valence-electron chi connectivity index (χ1n) is 7.60. The second kappa shape index (κ2) is 6.26. The summed E-state index contributed by atoms with van der Waals surface area (Å²) in [5.74, 6) is 0.120. The molecular formula is C18H24N2O2. The van der Waals surface area contributed by atoms with Crippen LogP contribution in [-0.2, 0) is 11.8 Å². The molecule has 1 aromatic carbocycles. The minimum atomic E-state index is -0.363. The topological polar surface area (TPSA) is 57.2 Å². The lowest BCUT2D eigenvalue weighted by Gasteiger charge is -2.09. The van der Waals surface area contributed by atoms with E-state index in [1.807, 2.05) is 18.5 Å². The van der Waals surface area contributed by atoms with Crippen LogP contribution in [0.2, 0.25) is 0 Å². The summed E-state index contributed by atoms with van der Waals surface area (Å²) in [6.07, 6.45) is 0. The lowest BCUT2D eigenvalue weighted by molar-refractivity contribution is 0.0526. The highest BCUT2D eigenvalue weighted by Gasteiger charge is 2.23. The Balaban J connectivity index is 2.52. The van der Waals surface area contributed by atoms with Crippen LogP contribution in [0.25, 0.3) is 11.3 Å². The van der Waals surface area contributed by atoms with Crippen LogP contribution in [0.5, 0.6) is 0 Å². The van der Waals surface area contributed by atoms with Crippen molar-refractivity contribution in [2.24, 2.45) is 7.05 Å². The molecule has 0 aliphatic carbocycles. The first-order valence-corrected chi connectivity index (χ1v) is 7.60. The van der Waals surface area contributed by atoms with Gasteiger partial charge in [0.2, 0.25) is 0 Å². The second-order valence-corrected chi connectivity index (χ2v) is 5.78. The summed E-state index contributed by atoms with van der Waals surface area (Å²) < 4.78 is 7.06. The van der Waals surface area contributed by atoms with Crippen molar-refractivity contribution in [1.82, 2.24) is 4.57 Å². The summed E-state index contributed by atoms with van der Waals surface area (Å²) in [6, 6.07) is 8.31. The van der Waals surface area contributed by atoms with Crippen LogP contribution < -0.4 is 5.73 Å². The third-order valence-electron chi connectivity index (χ3n) is 4.06. The summed E-state index contributed by atoms with van der Waals surface area (Å²) in [7, 11) is 1.92. The number of anilines is 1. The fourth-order valence-electron chi connectivity index (χ4n) is 2.67. The summed E-state index contributed by atoms with van der Waals surface area (Å²) >= 11 is 0. The Morgan fingerprint density at radius 1 is 1.27 bits per heavy atom. The van der Waals surface area contributed by atoms with Gasteiger partial charge in [0, 0.05) is 18.3 Å². The molecule has 0 aliphatic rings. The van der Waals surface area contributed by atoms with Gasteiger partial charge in [-0.05, 0) is 25.3 Å². The Labute approximate surface area is 131 Å². The number of rotatable bonds is 4. The van der Waals surface area contributed by atoms with E-state index in [0.29, 0.717) is 23.8 Å². The smallest absolute Gasteiger partial charge is 0.342 e. The number of hydrogen-bond acceptors (Lipinski definition) is 3. The van der Waals surface area contributed by atoms with E-state index in [4.69, 9.17) is 10.5 Å². The van der Waals surface area contributed by atoms with Gasteiger partial charge in [-0.25, -0.2) is 4.79 Å². The number of nitrogen functional groups attached to an aromatic ring is 1. The lowest BCUT2D eigenvalue weighted by atomic mass is 10.0. The van der Waals surface area contributed by atoms with E-state index in [-0.39, 0.29) is 5.97 Å². The van der Waals surface area contributed by atoms with E-state index in [2.05, 4.69) is 38.1 Å². The van der Waals surface area contributed by atoms with Crippen LogP contribution in [0.4, 0.5) is 5.69 Å². The normalized spacial score (nSPS) is 11.0. The molecule has 2 aromatic rings. The van der Waals surface area contributed by atoms with Crippen molar-refractivity contribution >= 4 is 11.7 Å². The Morgan fingerprint density at radius 3 is 2.36 bits per heavy atom. The van der Waals surface area contributed by atoms with Gasteiger partial charge in [0.1, 0.15) is 5.56 Å². The predicted octanol–water partition coefficient (Wildman–Crippen LogP) is 3.88. The van der Waals surface area contributed by atoms with Gasteiger partial charge >= 0.3 is 5.97 Å². The van der Waals surface area contributed by atoms with Gasteiger partial charge in [0.05, 0.1) is 18.0 Å². The van der Waals surface area contributed by atoms with Crippen molar-refractivity contribution in [1.29, 1.82) is 0 Å². The Kier molecular flexibility index (Phi) is 4.59. The van der Waals surface area contributed by atoms with Crippen LogP contribution in [0, 0.1) is 6.92 Å². The van der Waals surface area contributed by atoms with E-state index >= 15 is 0 Å². The monoisotopic (exact) mass is 300 g/mol. The maximum atomic E-state index is 12.1. The molecule has 0 bridgehead atoms. The molecule has 1 heterocycles. The van der Waals surface area contributed by atoms with Gasteiger partial charge in [-0.15, -0.1) is 0 Å². The third-order valence-corrected chi connectivity index (χ3v) is 4.06. The SMILES string of the molecule is CCOC(=O)c1c(N)c(-c2ccc(C(C)C)cc2)n(C)c1C. The number of hydrogen-bond donors (Lipinski definition) is 1. The van der Waals surface area contributed by atoms with Gasteiger partial charge in [0.25, 0.3) is 0 Å². The molecule has 0 saturated heterocycles. The minimum Gasteiger partial charge on any atom is -0.462 e. The second-order valence-electron chi connectivity index (χ2n) is 5.78. The highest BCUT2D eigenvalue weighted by molar-refractivity contribution is 6.01.